The normalized spacial score (nSPS) is 18.4. The van der Waals surface area contributed by atoms with Crippen LogP contribution >= 0.6 is 23.2 Å². The maximum Gasteiger partial charge on any atom is 0.253 e. The minimum absolute atomic E-state index is 0.0330. The third-order valence-electron chi connectivity index (χ3n) is 3.34. The van der Waals surface area contributed by atoms with E-state index in [9.17, 15) is 4.79 Å². The van der Waals surface area contributed by atoms with E-state index in [1.54, 1.807) is 12.1 Å². The standard InChI is InChI=1S/C13H12Cl2N2O/c14-8-5-11-12(6-9(8)15)17-13(18)7-3-1-2-4-10(7)16-11/h5-6,16H,1-4H2,(H,17,18). The molecule has 0 atom stereocenters. The van der Waals surface area contributed by atoms with E-state index in [2.05, 4.69) is 10.6 Å². The lowest BCUT2D eigenvalue weighted by Crippen LogP contribution is -2.17. The fourth-order valence-electron chi connectivity index (χ4n) is 2.41. The summed E-state index contributed by atoms with van der Waals surface area (Å²) < 4.78 is 0. The van der Waals surface area contributed by atoms with Crippen LogP contribution in [0.15, 0.2) is 23.4 Å². The van der Waals surface area contributed by atoms with Gasteiger partial charge in [-0.15, -0.1) is 0 Å². The molecule has 18 heavy (non-hydrogen) atoms. The molecule has 0 spiro atoms. The van der Waals surface area contributed by atoms with Gasteiger partial charge in [-0.2, -0.15) is 0 Å². The molecule has 3 nitrogen and oxygen atoms in total. The Morgan fingerprint density at radius 3 is 2.28 bits per heavy atom. The van der Waals surface area contributed by atoms with Crippen LogP contribution in [0.3, 0.4) is 0 Å². The number of halogens is 2. The first kappa shape index (κ1) is 11.9. The Morgan fingerprint density at radius 1 is 0.944 bits per heavy atom. The molecule has 0 saturated carbocycles. The minimum Gasteiger partial charge on any atom is -0.357 e. The number of hydrogen-bond donors (Lipinski definition) is 2. The SMILES string of the molecule is O=C1Nc2cc(Cl)c(Cl)cc2NC2=C1CCCC2. The monoisotopic (exact) mass is 282 g/mol. The Kier molecular flexibility index (Phi) is 2.96. The molecule has 1 aromatic rings. The predicted octanol–water partition coefficient (Wildman–Crippen LogP) is 4.19. The van der Waals surface area contributed by atoms with Gasteiger partial charge in [0.05, 0.1) is 21.4 Å². The van der Waals surface area contributed by atoms with Crippen molar-refractivity contribution in [3.63, 3.8) is 0 Å². The van der Waals surface area contributed by atoms with Gasteiger partial charge >= 0.3 is 0 Å². The van der Waals surface area contributed by atoms with Crippen molar-refractivity contribution in [3.8, 4) is 0 Å². The van der Waals surface area contributed by atoms with Crippen molar-refractivity contribution in [2.75, 3.05) is 10.6 Å². The van der Waals surface area contributed by atoms with E-state index in [-0.39, 0.29) is 5.91 Å². The van der Waals surface area contributed by atoms with Crippen LogP contribution < -0.4 is 10.6 Å². The molecular formula is C13H12Cl2N2O. The number of nitrogens with one attached hydrogen (secondary N) is 2. The molecule has 1 heterocycles. The molecule has 2 N–H and O–H groups in total. The van der Waals surface area contributed by atoms with Gasteiger partial charge < -0.3 is 10.6 Å². The van der Waals surface area contributed by atoms with Crippen LogP contribution in [0.1, 0.15) is 25.7 Å². The predicted molar refractivity (Wildman–Crippen MR) is 74.2 cm³/mol. The van der Waals surface area contributed by atoms with E-state index in [1.165, 1.54) is 0 Å². The third-order valence-corrected chi connectivity index (χ3v) is 4.06. The number of fused-ring (bicyclic) bond motifs is 1. The smallest absolute Gasteiger partial charge is 0.253 e. The molecule has 1 aliphatic heterocycles. The van der Waals surface area contributed by atoms with Gasteiger partial charge in [0.2, 0.25) is 0 Å². The molecule has 1 aromatic carbocycles. The first-order valence-corrected chi connectivity index (χ1v) is 6.70. The van der Waals surface area contributed by atoms with Gasteiger partial charge in [-0.3, -0.25) is 4.79 Å². The lowest BCUT2D eigenvalue weighted by atomic mass is 9.96. The lowest BCUT2D eigenvalue weighted by Gasteiger charge is -2.17. The summed E-state index contributed by atoms with van der Waals surface area (Å²) in [6.07, 6.45) is 3.90. The number of anilines is 2. The van der Waals surface area contributed by atoms with Gasteiger partial charge in [-0.25, -0.2) is 0 Å². The van der Waals surface area contributed by atoms with E-state index >= 15 is 0 Å². The molecule has 0 saturated heterocycles. The molecule has 0 bridgehead atoms. The number of benzene rings is 1. The highest BCUT2D eigenvalue weighted by atomic mass is 35.5. The Labute approximate surface area is 115 Å². The maximum absolute atomic E-state index is 12.1. The first-order valence-electron chi connectivity index (χ1n) is 5.94. The molecule has 94 valence electrons. The Balaban J connectivity index is 2.08. The van der Waals surface area contributed by atoms with Crippen molar-refractivity contribution in [1.29, 1.82) is 0 Å². The number of allylic oxidation sites excluding steroid dienone is 1. The maximum atomic E-state index is 12.1. The molecule has 0 fully saturated rings. The van der Waals surface area contributed by atoms with Crippen molar-refractivity contribution >= 4 is 40.5 Å². The minimum atomic E-state index is -0.0330. The zero-order chi connectivity index (χ0) is 12.7. The highest BCUT2D eigenvalue weighted by molar-refractivity contribution is 6.42. The van der Waals surface area contributed by atoms with Gasteiger partial charge in [0.25, 0.3) is 5.91 Å². The molecule has 0 radical (unpaired) electrons. The van der Waals surface area contributed by atoms with Gasteiger partial charge in [-0.05, 0) is 37.8 Å². The van der Waals surface area contributed by atoms with Crippen LogP contribution in [-0.2, 0) is 4.79 Å². The molecule has 3 rings (SSSR count). The van der Waals surface area contributed by atoms with Crippen molar-refractivity contribution in [3.05, 3.63) is 33.4 Å². The van der Waals surface area contributed by atoms with E-state index in [4.69, 9.17) is 23.2 Å². The molecule has 1 amide bonds. The number of carbonyl (C=O) groups excluding carboxylic acids is 1. The second kappa shape index (κ2) is 4.48. The van der Waals surface area contributed by atoms with Crippen LogP contribution in [0.25, 0.3) is 0 Å². The summed E-state index contributed by atoms with van der Waals surface area (Å²) >= 11 is 12.0. The second-order valence-electron chi connectivity index (χ2n) is 4.56. The quantitative estimate of drug-likeness (QED) is 0.749. The van der Waals surface area contributed by atoms with E-state index in [0.717, 1.165) is 42.6 Å². The summed E-state index contributed by atoms with van der Waals surface area (Å²) in [6, 6.07) is 3.44. The molecule has 1 aliphatic carbocycles. The second-order valence-corrected chi connectivity index (χ2v) is 5.37. The lowest BCUT2D eigenvalue weighted by molar-refractivity contribution is -0.113. The summed E-state index contributed by atoms with van der Waals surface area (Å²) in [6.45, 7) is 0. The summed E-state index contributed by atoms with van der Waals surface area (Å²) in [5.41, 5.74) is 3.36. The number of carbonyl (C=O) groups is 1. The molecular weight excluding hydrogens is 271 g/mol. The fourth-order valence-corrected chi connectivity index (χ4v) is 2.74. The van der Waals surface area contributed by atoms with Crippen LogP contribution in [0.5, 0.6) is 0 Å². The Bertz CT molecular complexity index is 566. The fraction of sp³-hybridized carbons (Fsp3) is 0.308. The van der Waals surface area contributed by atoms with E-state index in [1.807, 2.05) is 0 Å². The third kappa shape index (κ3) is 1.98. The highest BCUT2D eigenvalue weighted by Gasteiger charge is 2.24. The average Bonchev–Trinajstić information content (AvgIpc) is 2.48. The molecule has 0 unspecified atom stereocenters. The van der Waals surface area contributed by atoms with Crippen molar-refractivity contribution in [1.82, 2.24) is 0 Å². The van der Waals surface area contributed by atoms with Gasteiger partial charge in [0, 0.05) is 11.3 Å². The van der Waals surface area contributed by atoms with Crippen molar-refractivity contribution in [2.24, 2.45) is 0 Å². The number of hydrogen-bond acceptors (Lipinski definition) is 2. The van der Waals surface area contributed by atoms with E-state index < -0.39 is 0 Å². The molecule has 0 aromatic heterocycles. The molecule has 2 aliphatic rings. The Morgan fingerprint density at radius 2 is 1.56 bits per heavy atom. The zero-order valence-corrected chi connectivity index (χ0v) is 11.2. The number of amides is 1. The van der Waals surface area contributed by atoms with Gasteiger partial charge in [-0.1, -0.05) is 23.2 Å². The largest absolute Gasteiger partial charge is 0.357 e. The van der Waals surface area contributed by atoms with Crippen molar-refractivity contribution in [2.45, 2.75) is 25.7 Å². The van der Waals surface area contributed by atoms with Crippen LogP contribution in [-0.4, -0.2) is 5.91 Å². The number of rotatable bonds is 0. The van der Waals surface area contributed by atoms with Crippen LogP contribution in [0.4, 0.5) is 11.4 Å². The summed E-state index contributed by atoms with van der Waals surface area (Å²) in [5.74, 6) is -0.0330. The van der Waals surface area contributed by atoms with Crippen LogP contribution in [0.2, 0.25) is 10.0 Å². The Hall–Kier alpha value is -1.19. The van der Waals surface area contributed by atoms with Crippen LogP contribution in [0, 0.1) is 0 Å². The first-order chi connectivity index (χ1) is 8.65. The summed E-state index contributed by atoms with van der Waals surface area (Å²) in [7, 11) is 0. The summed E-state index contributed by atoms with van der Waals surface area (Å²) in [5, 5.41) is 7.13. The van der Waals surface area contributed by atoms with Crippen molar-refractivity contribution < 1.29 is 4.79 Å². The zero-order valence-electron chi connectivity index (χ0n) is 9.65. The summed E-state index contributed by atoms with van der Waals surface area (Å²) in [4.78, 5) is 12.1. The van der Waals surface area contributed by atoms with E-state index in [0.29, 0.717) is 15.7 Å². The highest BCUT2D eigenvalue weighted by Crippen LogP contribution is 2.38. The molecule has 5 heteroatoms. The van der Waals surface area contributed by atoms with Gasteiger partial charge in [0.1, 0.15) is 0 Å². The van der Waals surface area contributed by atoms with Gasteiger partial charge in [0.15, 0.2) is 0 Å². The average molecular weight is 283 g/mol. The topological polar surface area (TPSA) is 41.1 Å².